The first kappa shape index (κ1) is 24.4. The van der Waals surface area contributed by atoms with Crippen LogP contribution in [0.5, 0.6) is 0 Å². The van der Waals surface area contributed by atoms with E-state index in [0.717, 1.165) is 0 Å². The highest BCUT2D eigenvalue weighted by Gasteiger charge is 2.10. The minimum atomic E-state index is 1.29. The molecule has 0 saturated heterocycles. The summed E-state index contributed by atoms with van der Waals surface area (Å²) < 4.78 is 0. The molecule has 0 aromatic heterocycles. The van der Waals surface area contributed by atoms with Gasteiger partial charge in [-0.15, -0.1) is 23.5 Å². The Bertz CT molecular complexity index is 2590. The monoisotopic (exact) mass is 570 g/mol. The zero-order chi connectivity index (χ0) is 27.9. The highest BCUT2D eigenvalue weighted by Crippen LogP contribution is 2.39. The molecule has 0 fully saturated rings. The van der Waals surface area contributed by atoms with Crippen molar-refractivity contribution >= 4 is 110 Å². The first-order valence-corrected chi connectivity index (χ1v) is 16.7. The zero-order valence-corrected chi connectivity index (χ0v) is 25.0. The summed E-state index contributed by atoms with van der Waals surface area (Å²) in [6.45, 7) is 0. The number of fused-ring (bicyclic) bond motifs is 8. The van der Waals surface area contributed by atoms with Crippen molar-refractivity contribution in [2.45, 2.75) is 9.79 Å². The molecule has 9 aromatic rings. The van der Waals surface area contributed by atoms with E-state index in [9.17, 15) is 0 Å². The molecule has 0 spiro atoms. The second-order valence-corrected chi connectivity index (χ2v) is 13.1. The third-order valence-electron chi connectivity index (χ3n) is 8.96. The predicted molar refractivity (Wildman–Crippen MR) is 190 cm³/mol. The van der Waals surface area contributed by atoms with Crippen LogP contribution in [0.2, 0.25) is 0 Å². The maximum absolute atomic E-state index is 2.39. The predicted octanol–water partition coefficient (Wildman–Crippen LogP) is 12.4. The molecule has 0 unspecified atom stereocenters. The fraction of sp³-hybridized carbons (Fsp3) is 0.0500. The van der Waals surface area contributed by atoms with Crippen molar-refractivity contribution in [3.05, 3.63) is 121 Å². The fourth-order valence-electron chi connectivity index (χ4n) is 6.85. The van der Waals surface area contributed by atoms with Crippen LogP contribution in [0.3, 0.4) is 0 Å². The lowest BCUT2D eigenvalue weighted by molar-refractivity contribution is 1.31. The Balaban J connectivity index is 1.25. The molecule has 0 radical (unpaired) electrons. The molecule has 0 nitrogen and oxygen atoms in total. The van der Waals surface area contributed by atoms with Gasteiger partial charge in [0.2, 0.25) is 0 Å². The summed E-state index contributed by atoms with van der Waals surface area (Å²) in [5, 5.41) is 20.7. The third kappa shape index (κ3) is 3.72. The van der Waals surface area contributed by atoms with Crippen LogP contribution in [0.1, 0.15) is 0 Å². The molecular formula is C40H26S2. The maximum Gasteiger partial charge on any atom is 0.0284 e. The lowest BCUT2D eigenvalue weighted by Crippen LogP contribution is -1.85. The zero-order valence-electron chi connectivity index (χ0n) is 23.4. The molecule has 198 valence electrons. The summed E-state index contributed by atoms with van der Waals surface area (Å²) >= 11 is 3.67. The number of rotatable bonds is 2. The van der Waals surface area contributed by atoms with E-state index in [1.165, 1.54) is 96.0 Å². The number of hydrogen-bond donors (Lipinski definition) is 0. The first-order valence-electron chi connectivity index (χ1n) is 14.3. The van der Waals surface area contributed by atoms with Crippen molar-refractivity contribution in [2.75, 3.05) is 12.5 Å². The van der Waals surface area contributed by atoms with E-state index in [2.05, 4.69) is 134 Å². The van der Waals surface area contributed by atoms with Gasteiger partial charge in [-0.25, -0.2) is 0 Å². The number of thioether (sulfide) groups is 2. The van der Waals surface area contributed by atoms with E-state index in [-0.39, 0.29) is 0 Å². The van der Waals surface area contributed by atoms with Gasteiger partial charge in [0, 0.05) is 9.79 Å². The van der Waals surface area contributed by atoms with Gasteiger partial charge in [-0.3, -0.25) is 0 Å². The standard InChI is InChI=1S/C40H26S2/c1-41-39-8-7-25-11-28-14-31-17-34-18-32-15-29-12-26-9-23-5-3-4-6-24(23)10-27(26)13-30(29)16-33(32)19-35(34)20-36(31)21-37(28)22-38(25)40(39)42-2/h3-22H,1-2H3. The van der Waals surface area contributed by atoms with Crippen LogP contribution < -0.4 is 0 Å². The smallest absolute Gasteiger partial charge is 0.0284 e. The Kier molecular flexibility index (Phi) is 5.30. The van der Waals surface area contributed by atoms with Gasteiger partial charge in [-0.1, -0.05) is 30.3 Å². The van der Waals surface area contributed by atoms with E-state index in [0.29, 0.717) is 0 Å². The van der Waals surface area contributed by atoms with Crippen LogP contribution in [0.15, 0.2) is 131 Å². The molecular weight excluding hydrogens is 545 g/mol. The normalized spacial score (nSPS) is 12.2. The SMILES string of the molecule is CSc1ccc2cc3cc4cc5cc6cc7cc8cc9ccccc9cc8cc7cc6cc5cc4cc3cc2c1SC. The topological polar surface area (TPSA) is 0 Å². The highest BCUT2D eigenvalue weighted by atomic mass is 32.2. The van der Waals surface area contributed by atoms with Crippen molar-refractivity contribution < 1.29 is 0 Å². The van der Waals surface area contributed by atoms with E-state index in [1.807, 2.05) is 23.5 Å². The number of hydrogen-bond acceptors (Lipinski definition) is 2. The second kappa shape index (κ2) is 9.13. The lowest BCUT2D eigenvalue weighted by atomic mass is 9.94. The van der Waals surface area contributed by atoms with Crippen molar-refractivity contribution in [1.82, 2.24) is 0 Å². The Morgan fingerprint density at radius 3 is 1.00 bits per heavy atom. The van der Waals surface area contributed by atoms with Gasteiger partial charge in [-0.05, 0) is 190 Å². The van der Waals surface area contributed by atoms with Crippen molar-refractivity contribution in [2.24, 2.45) is 0 Å². The maximum atomic E-state index is 2.39. The molecule has 0 heterocycles. The van der Waals surface area contributed by atoms with E-state index >= 15 is 0 Å². The highest BCUT2D eigenvalue weighted by molar-refractivity contribution is 8.01. The Hall–Kier alpha value is -4.24. The molecule has 0 bridgehead atoms. The molecule has 2 heteroatoms. The van der Waals surface area contributed by atoms with Crippen molar-refractivity contribution in [3.8, 4) is 0 Å². The molecule has 0 N–H and O–H groups in total. The molecule has 42 heavy (non-hydrogen) atoms. The van der Waals surface area contributed by atoms with Crippen LogP contribution in [0.4, 0.5) is 0 Å². The third-order valence-corrected chi connectivity index (χ3v) is 10.7. The van der Waals surface area contributed by atoms with Gasteiger partial charge in [0.15, 0.2) is 0 Å². The summed E-state index contributed by atoms with van der Waals surface area (Å²) in [7, 11) is 0. The summed E-state index contributed by atoms with van der Waals surface area (Å²) in [5.41, 5.74) is 0. The molecule has 9 rings (SSSR count). The van der Waals surface area contributed by atoms with Gasteiger partial charge in [0.25, 0.3) is 0 Å². The molecule has 0 atom stereocenters. The van der Waals surface area contributed by atoms with Gasteiger partial charge in [-0.2, -0.15) is 0 Å². The average Bonchev–Trinajstić information content (AvgIpc) is 3.01. The average molecular weight is 571 g/mol. The molecule has 0 aliphatic heterocycles. The van der Waals surface area contributed by atoms with E-state index in [4.69, 9.17) is 0 Å². The van der Waals surface area contributed by atoms with E-state index in [1.54, 1.807) is 0 Å². The Morgan fingerprint density at radius 2 is 0.643 bits per heavy atom. The quantitative estimate of drug-likeness (QED) is 0.150. The van der Waals surface area contributed by atoms with Gasteiger partial charge >= 0.3 is 0 Å². The second-order valence-electron chi connectivity index (χ2n) is 11.4. The van der Waals surface area contributed by atoms with Gasteiger partial charge in [0.05, 0.1) is 0 Å². The number of benzene rings is 9. The van der Waals surface area contributed by atoms with Crippen LogP contribution in [-0.4, -0.2) is 12.5 Å². The van der Waals surface area contributed by atoms with Crippen LogP contribution in [0, 0.1) is 0 Å². The minimum absolute atomic E-state index is 1.29. The van der Waals surface area contributed by atoms with Crippen LogP contribution >= 0.6 is 23.5 Å². The molecule has 0 aliphatic carbocycles. The summed E-state index contributed by atoms with van der Waals surface area (Å²) in [6.07, 6.45) is 4.35. The van der Waals surface area contributed by atoms with E-state index < -0.39 is 0 Å². The summed E-state index contributed by atoms with van der Waals surface area (Å²) in [4.78, 5) is 2.72. The van der Waals surface area contributed by atoms with Crippen LogP contribution in [0.25, 0.3) is 86.2 Å². The van der Waals surface area contributed by atoms with Gasteiger partial charge in [0.1, 0.15) is 0 Å². The Morgan fingerprint density at radius 1 is 0.310 bits per heavy atom. The summed E-state index contributed by atoms with van der Waals surface area (Å²) in [6, 6.07) is 46.2. The lowest BCUT2D eigenvalue weighted by Gasteiger charge is -2.12. The molecule has 0 amide bonds. The van der Waals surface area contributed by atoms with Crippen LogP contribution in [-0.2, 0) is 0 Å². The molecule has 9 aromatic carbocycles. The molecule has 0 aliphatic rings. The van der Waals surface area contributed by atoms with Crippen molar-refractivity contribution in [3.63, 3.8) is 0 Å². The largest absolute Gasteiger partial charge is 0.128 e. The Labute approximate surface area is 252 Å². The minimum Gasteiger partial charge on any atom is -0.128 e. The van der Waals surface area contributed by atoms with Crippen molar-refractivity contribution in [1.29, 1.82) is 0 Å². The first-order chi connectivity index (χ1) is 20.6. The van der Waals surface area contributed by atoms with Gasteiger partial charge < -0.3 is 0 Å². The summed E-state index contributed by atoms with van der Waals surface area (Å²) in [5.74, 6) is 0. The molecule has 0 saturated carbocycles. The fourth-order valence-corrected chi connectivity index (χ4v) is 8.51.